The molecule has 106 valence electrons. The second-order valence-electron chi connectivity index (χ2n) is 3.67. The van der Waals surface area contributed by atoms with Gasteiger partial charge in [-0.15, -0.1) is 11.8 Å². The Hall–Kier alpha value is -1.41. The van der Waals surface area contributed by atoms with E-state index in [1.54, 1.807) is 13.0 Å². The number of hydrogen-bond acceptors (Lipinski definition) is 5. The third-order valence-electron chi connectivity index (χ3n) is 2.11. The second kappa shape index (κ2) is 7.25. The molecule has 0 spiro atoms. The van der Waals surface area contributed by atoms with Gasteiger partial charge in [0.05, 0.1) is 5.75 Å². The van der Waals surface area contributed by atoms with Crippen molar-refractivity contribution in [1.29, 1.82) is 0 Å². The number of urea groups is 1. The van der Waals surface area contributed by atoms with Crippen molar-refractivity contribution in [2.45, 2.75) is 11.8 Å². The molecule has 4 N–H and O–H groups in total. The summed E-state index contributed by atoms with van der Waals surface area (Å²) in [4.78, 5) is 11.9. The molecule has 1 rings (SSSR count). The molecule has 6 nitrogen and oxygen atoms in total. The zero-order valence-corrected chi connectivity index (χ0v) is 12.2. The molecule has 0 saturated carbocycles. The van der Waals surface area contributed by atoms with Crippen LogP contribution in [0, 0.1) is 0 Å². The molecule has 19 heavy (non-hydrogen) atoms. The number of anilines is 1. The Bertz CT molecular complexity index is 532. The number of rotatable bonds is 6. The van der Waals surface area contributed by atoms with Gasteiger partial charge in [-0.1, -0.05) is 12.1 Å². The maximum absolute atomic E-state index is 11.6. The number of carbonyl (C=O) groups is 1. The molecule has 0 bridgehead atoms. The molecule has 1 aromatic rings. The van der Waals surface area contributed by atoms with Crippen LogP contribution in [0.2, 0.25) is 0 Å². The zero-order chi connectivity index (χ0) is 14.3. The van der Waals surface area contributed by atoms with E-state index < -0.39 is 16.1 Å². The molecular weight excluding hydrogens is 286 g/mol. The van der Waals surface area contributed by atoms with Crippen LogP contribution in [-0.2, 0) is 10.0 Å². The highest BCUT2D eigenvalue weighted by Gasteiger charge is 2.13. The number of benzene rings is 1. The van der Waals surface area contributed by atoms with Crippen molar-refractivity contribution in [3.63, 3.8) is 0 Å². The highest BCUT2D eigenvalue weighted by molar-refractivity contribution is 8.00. The highest BCUT2D eigenvalue weighted by Crippen LogP contribution is 2.24. The van der Waals surface area contributed by atoms with Gasteiger partial charge in [0, 0.05) is 22.9 Å². The largest absolute Gasteiger partial charge is 0.398 e. The normalized spacial score (nSPS) is 11.0. The van der Waals surface area contributed by atoms with Gasteiger partial charge in [-0.2, -0.15) is 0 Å². The van der Waals surface area contributed by atoms with Crippen LogP contribution in [0.5, 0.6) is 0 Å². The highest BCUT2D eigenvalue weighted by atomic mass is 32.2. The maximum atomic E-state index is 11.6. The first kappa shape index (κ1) is 15.6. The van der Waals surface area contributed by atoms with Crippen LogP contribution < -0.4 is 15.8 Å². The molecule has 0 aliphatic heterocycles. The van der Waals surface area contributed by atoms with Crippen LogP contribution in [-0.4, -0.2) is 32.5 Å². The quantitative estimate of drug-likeness (QED) is 0.538. The molecular formula is C11H17N3O3S2. The zero-order valence-electron chi connectivity index (χ0n) is 10.5. The van der Waals surface area contributed by atoms with E-state index in [4.69, 9.17) is 5.73 Å². The number of nitrogens with two attached hydrogens (primary N) is 1. The minimum absolute atomic E-state index is 0.150. The summed E-state index contributed by atoms with van der Waals surface area (Å²) in [6.45, 7) is 2.08. The molecule has 0 atom stereocenters. The van der Waals surface area contributed by atoms with E-state index in [2.05, 4.69) is 5.32 Å². The van der Waals surface area contributed by atoms with Crippen LogP contribution in [0.15, 0.2) is 29.2 Å². The van der Waals surface area contributed by atoms with Gasteiger partial charge in [0.15, 0.2) is 0 Å². The van der Waals surface area contributed by atoms with Crippen LogP contribution in [0.3, 0.4) is 0 Å². The van der Waals surface area contributed by atoms with Gasteiger partial charge in [-0.05, 0) is 19.1 Å². The van der Waals surface area contributed by atoms with Crippen LogP contribution in [0.25, 0.3) is 0 Å². The summed E-state index contributed by atoms with van der Waals surface area (Å²) < 4.78 is 25.1. The fraction of sp³-hybridized carbons (Fsp3) is 0.364. The first-order chi connectivity index (χ1) is 8.94. The topological polar surface area (TPSA) is 101 Å². The molecule has 0 radical (unpaired) electrons. The molecule has 0 aromatic heterocycles. The van der Waals surface area contributed by atoms with E-state index in [0.717, 1.165) is 4.90 Å². The number of thioether (sulfide) groups is 1. The number of carbonyl (C=O) groups excluding carboxylic acids is 1. The van der Waals surface area contributed by atoms with Gasteiger partial charge in [-0.3, -0.25) is 0 Å². The fourth-order valence-electron chi connectivity index (χ4n) is 1.26. The number of amides is 2. The van der Waals surface area contributed by atoms with Crippen molar-refractivity contribution < 1.29 is 13.2 Å². The molecule has 1 aromatic carbocycles. The number of hydrogen-bond donors (Lipinski definition) is 3. The lowest BCUT2D eigenvalue weighted by atomic mass is 10.3. The summed E-state index contributed by atoms with van der Waals surface area (Å²) in [5.74, 6) is 0.173. The van der Waals surface area contributed by atoms with Gasteiger partial charge in [-0.25, -0.2) is 17.9 Å². The van der Waals surface area contributed by atoms with Gasteiger partial charge in [0.2, 0.25) is 10.0 Å². The summed E-state index contributed by atoms with van der Waals surface area (Å²) >= 11 is 1.34. The standard InChI is InChI=1S/C11H17N3O3S2/c1-2-13-11(15)14-19(16,17)8-7-18-10-6-4-3-5-9(10)12/h3-6H,2,7-8,12H2,1H3,(H2,13,14,15). The average Bonchev–Trinajstić information content (AvgIpc) is 2.31. The van der Waals surface area contributed by atoms with Crippen LogP contribution in [0.4, 0.5) is 10.5 Å². The van der Waals surface area contributed by atoms with E-state index in [9.17, 15) is 13.2 Å². The first-order valence-electron chi connectivity index (χ1n) is 5.70. The van der Waals surface area contributed by atoms with Crippen LogP contribution >= 0.6 is 11.8 Å². The molecule has 0 saturated heterocycles. The lowest BCUT2D eigenvalue weighted by Crippen LogP contribution is -2.40. The van der Waals surface area contributed by atoms with Crippen molar-refractivity contribution in [1.82, 2.24) is 10.0 Å². The molecule has 0 aliphatic carbocycles. The van der Waals surface area contributed by atoms with Gasteiger partial charge in [0.1, 0.15) is 0 Å². The molecule has 0 heterocycles. The SMILES string of the molecule is CCNC(=O)NS(=O)(=O)CCSc1ccccc1N. The lowest BCUT2D eigenvalue weighted by Gasteiger charge is -2.08. The second-order valence-corrected chi connectivity index (χ2v) is 6.65. The van der Waals surface area contributed by atoms with Crippen molar-refractivity contribution in [2.24, 2.45) is 0 Å². The Kier molecular flexibility index (Phi) is 5.97. The third-order valence-corrected chi connectivity index (χ3v) is 4.70. The lowest BCUT2D eigenvalue weighted by molar-refractivity contribution is 0.246. The average molecular weight is 303 g/mol. The Balaban J connectivity index is 2.44. The van der Waals surface area contributed by atoms with Gasteiger partial charge >= 0.3 is 6.03 Å². The Morgan fingerprint density at radius 3 is 2.68 bits per heavy atom. The fourth-order valence-corrected chi connectivity index (χ4v) is 3.56. The monoisotopic (exact) mass is 303 g/mol. The van der Waals surface area contributed by atoms with E-state index in [-0.39, 0.29) is 5.75 Å². The molecule has 0 unspecified atom stereocenters. The summed E-state index contributed by atoms with van der Waals surface area (Å²) in [7, 11) is -3.61. The summed E-state index contributed by atoms with van der Waals surface area (Å²) in [6, 6.07) is 6.52. The smallest absolute Gasteiger partial charge is 0.328 e. The predicted octanol–water partition coefficient (Wildman–Crippen LogP) is 1.01. The van der Waals surface area contributed by atoms with Gasteiger partial charge in [0.25, 0.3) is 0 Å². The summed E-state index contributed by atoms with van der Waals surface area (Å²) in [5.41, 5.74) is 6.35. The van der Waals surface area contributed by atoms with E-state index >= 15 is 0 Å². The minimum atomic E-state index is -3.61. The number of nitrogens with one attached hydrogen (secondary N) is 2. The number of sulfonamides is 1. The minimum Gasteiger partial charge on any atom is -0.398 e. The van der Waals surface area contributed by atoms with E-state index in [0.29, 0.717) is 18.0 Å². The molecule has 2 amide bonds. The van der Waals surface area contributed by atoms with E-state index in [1.807, 2.05) is 22.9 Å². The Labute approximate surface area is 117 Å². The third kappa shape index (κ3) is 5.84. The molecule has 0 aliphatic rings. The van der Waals surface area contributed by atoms with Gasteiger partial charge < -0.3 is 11.1 Å². The van der Waals surface area contributed by atoms with E-state index in [1.165, 1.54) is 11.8 Å². The summed E-state index contributed by atoms with van der Waals surface area (Å²) in [6.07, 6.45) is 0. The van der Waals surface area contributed by atoms with Crippen molar-refractivity contribution in [3.8, 4) is 0 Å². The Morgan fingerprint density at radius 2 is 2.05 bits per heavy atom. The molecule has 8 heteroatoms. The number of para-hydroxylation sites is 1. The number of nitrogen functional groups attached to an aromatic ring is 1. The predicted molar refractivity (Wildman–Crippen MR) is 77.6 cm³/mol. The van der Waals surface area contributed by atoms with Crippen molar-refractivity contribution in [2.75, 3.05) is 23.8 Å². The molecule has 0 fully saturated rings. The van der Waals surface area contributed by atoms with Crippen molar-refractivity contribution >= 4 is 33.5 Å². The van der Waals surface area contributed by atoms with Crippen LogP contribution in [0.1, 0.15) is 6.92 Å². The maximum Gasteiger partial charge on any atom is 0.328 e. The Morgan fingerprint density at radius 1 is 1.37 bits per heavy atom. The summed E-state index contributed by atoms with van der Waals surface area (Å²) in [5, 5.41) is 2.36. The van der Waals surface area contributed by atoms with Crippen molar-refractivity contribution in [3.05, 3.63) is 24.3 Å². The first-order valence-corrected chi connectivity index (χ1v) is 8.34.